The fourth-order valence-corrected chi connectivity index (χ4v) is 12.8. The molecule has 406 valence electrons. The van der Waals surface area contributed by atoms with Crippen LogP contribution in [0.2, 0.25) is 0 Å². The van der Waals surface area contributed by atoms with Crippen LogP contribution in [0.15, 0.2) is 146 Å². The minimum absolute atomic E-state index is 0.115. The van der Waals surface area contributed by atoms with Crippen molar-refractivity contribution in [2.24, 2.45) is 0 Å². The summed E-state index contributed by atoms with van der Waals surface area (Å²) in [5.41, 5.74) is 19.1. The zero-order valence-electron chi connectivity index (χ0n) is 47.6. The molecule has 0 amide bonds. The van der Waals surface area contributed by atoms with Crippen molar-refractivity contribution in [1.29, 1.82) is 0 Å². The first-order chi connectivity index (χ1) is 38.8. The molecule has 2 fully saturated rings. The van der Waals surface area contributed by atoms with Crippen molar-refractivity contribution in [3.05, 3.63) is 235 Å². The van der Waals surface area contributed by atoms with Gasteiger partial charge in [0, 0.05) is 0 Å². The molecule has 2 atom stereocenters. The van der Waals surface area contributed by atoms with E-state index < -0.39 is 6.10 Å². The van der Waals surface area contributed by atoms with Gasteiger partial charge in [-0.05, 0) is 213 Å². The zero-order valence-corrected chi connectivity index (χ0v) is 47.6. The Morgan fingerprint density at radius 2 is 0.550 bits per heavy atom. The van der Waals surface area contributed by atoms with Gasteiger partial charge in [-0.2, -0.15) is 0 Å². The molecule has 0 saturated carbocycles. The molecule has 0 radical (unpaired) electrons. The SMILES string of the molecule is Cc1cc(Cc2c3ccccc3c(Cc3cc(C)c(OCC4CO4)c(C)c3)c3ccccc23)cc(C)c1OCC(O)COc1c(C)cc(Cc2c3ccccc3c(Cc3cc(C)c(OCC4CO4)c(C)c3)c3ccccc23)cc1C. The number of aryl methyl sites for hydroxylation is 8. The lowest BCUT2D eigenvalue weighted by molar-refractivity contribution is 0.0617. The number of benzene rings is 10. The lowest BCUT2D eigenvalue weighted by Gasteiger charge is -2.21. The van der Waals surface area contributed by atoms with E-state index in [0.29, 0.717) is 13.2 Å². The quantitative estimate of drug-likeness (QED) is 0.0601. The lowest BCUT2D eigenvalue weighted by Crippen LogP contribution is -2.25. The van der Waals surface area contributed by atoms with E-state index in [-0.39, 0.29) is 25.4 Å². The van der Waals surface area contributed by atoms with Gasteiger partial charge in [0.05, 0.1) is 13.2 Å². The zero-order chi connectivity index (χ0) is 55.2. The number of rotatable bonds is 20. The number of hydrogen-bond donors (Lipinski definition) is 1. The Balaban J connectivity index is 0.722. The molecule has 2 saturated heterocycles. The van der Waals surface area contributed by atoms with Crippen molar-refractivity contribution in [2.45, 2.75) is 99.4 Å². The molecule has 7 nitrogen and oxygen atoms in total. The molecule has 0 bridgehead atoms. The van der Waals surface area contributed by atoms with Crippen molar-refractivity contribution in [3.63, 3.8) is 0 Å². The molecular weight excluding hydrogens is 989 g/mol. The van der Waals surface area contributed by atoms with Crippen molar-refractivity contribution in [3.8, 4) is 23.0 Å². The summed E-state index contributed by atoms with van der Waals surface area (Å²) >= 11 is 0. The van der Waals surface area contributed by atoms with E-state index in [1.54, 1.807) is 0 Å². The van der Waals surface area contributed by atoms with Gasteiger partial charge in [0.15, 0.2) is 0 Å². The van der Waals surface area contributed by atoms with Crippen LogP contribution in [0.5, 0.6) is 23.0 Å². The van der Waals surface area contributed by atoms with Gasteiger partial charge in [-0.1, -0.05) is 146 Å². The summed E-state index contributed by atoms with van der Waals surface area (Å²) in [7, 11) is 0. The van der Waals surface area contributed by atoms with Gasteiger partial charge in [0.1, 0.15) is 67.7 Å². The second kappa shape index (κ2) is 22.5. The highest BCUT2D eigenvalue weighted by Crippen LogP contribution is 2.40. The van der Waals surface area contributed by atoms with E-state index in [4.69, 9.17) is 28.4 Å². The molecule has 2 aliphatic heterocycles. The van der Waals surface area contributed by atoms with Crippen LogP contribution in [-0.2, 0) is 35.2 Å². The summed E-state index contributed by atoms with van der Waals surface area (Å²) in [5, 5.41) is 21.6. The predicted molar refractivity (Wildman–Crippen MR) is 325 cm³/mol. The Morgan fingerprint density at radius 1 is 0.350 bits per heavy atom. The maximum absolute atomic E-state index is 11.4. The Labute approximate surface area is 471 Å². The molecule has 0 aliphatic carbocycles. The van der Waals surface area contributed by atoms with Crippen LogP contribution in [0.3, 0.4) is 0 Å². The third-order valence-electron chi connectivity index (χ3n) is 16.4. The lowest BCUT2D eigenvalue weighted by atomic mass is 9.86. The number of hydrogen-bond acceptors (Lipinski definition) is 7. The van der Waals surface area contributed by atoms with Crippen LogP contribution in [0, 0.1) is 55.4 Å². The van der Waals surface area contributed by atoms with Crippen LogP contribution in [0.25, 0.3) is 43.1 Å². The van der Waals surface area contributed by atoms with Crippen LogP contribution >= 0.6 is 0 Å². The largest absolute Gasteiger partial charge is 0.490 e. The van der Waals surface area contributed by atoms with E-state index in [2.05, 4.69) is 201 Å². The third kappa shape index (κ3) is 11.1. The van der Waals surface area contributed by atoms with Crippen LogP contribution in [0.1, 0.15) is 89.0 Å². The standard InChI is InChI=1S/C73H72O7/c1-43-25-51(33-66-58-17-9-13-21-62(58)68(63-22-14-10-18-59(63)66)35-53-29-47(5)72(48(6)30-53)79-41-56-39-75-56)26-44(2)70(43)77-37-55(74)38-78-71-45(3)27-52(28-46(71)4)34-67-60-19-11-15-23-64(60)69(65-24-16-12-20-61(65)67)36-54-31-49(7)73(50(8)32-54)80-42-57-40-76-57/h9-32,55-57,74H,33-42H2,1-8H3. The number of aliphatic hydroxyl groups is 1. The molecule has 10 aromatic rings. The summed E-state index contributed by atoms with van der Waals surface area (Å²) in [4.78, 5) is 0. The van der Waals surface area contributed by atoms with E-state index in [1.807, 2.05) is 0 Å². The van der Waals surface area contributed by atoms with Gasteiger partial charge < -0.3 is 33.5 Å². The Kier molecular flexibility index (Phi) is 14.9. The summed E-state index contributed by atoms with van der Waals surface area (Å²) in [6.07, 6.45) is 2.79. The smallest absolute Gasteiger partial charge is 0.125 e. The average Bonchev–Trinajstić information content (AvgIpc) is 4.38. The Bertz CT molecular complexity index is 3530. The van der Waals surface area contributed by atoms with Crippen molar-refractivity contribution >= 4 is 43.1 Å². The molecule has 2 unspecified atom stereocenters. The minimum Gasteiger partial charge on any atom is -0.490 e. The number of fused-ring (bicyclic) bond motifs is 4. The third-order valence-corrected chi connectivity index (χ3v) is 16.4. The minimum atomic E-state index is -0.831. The maximum Gasteiger partial charge on any atom is 0.125 e. The van der Waals surface area contributed by atoms with E-state index in [0.717, 1.165) is 106 Å². The molecular formula is C73H72O7. The number of ether oxygens (including phenoxy) is 6. The second-order valence-corrected chi connectivity index (χ2v) is 22.8. The molecule has 2 aliphatic rings. The summed E-state index contributed by atoms with van der Waals surface area (Å²) in [6, 6.07) is 53.6. The Morgan fingerprint density at radius 3 is 0.750 bits per heavy atom. The van der Waals surface area contributed by atoms with Gasteiger partial charge in [-0.25, -0.2) is 0 Å². The molecule has 10 aromatic carbocycles. The average molecular weight is 1060 g/mol. The van der Waals surface area contributed by atoms with E-state index >= 15 is 0 Å². The monoisotopic (exact) mass is 1060 g/mol. The summed E-state index contributed by atoms with van der Waals surface area (Å²) in [5.74, 6) is 3.53. The fourth-order valence-electron chi connectivity index (χ4n) is 12.8. The van der Waals surface area contributed by atoms with Crippen molar-refractivity contribution in [1.82, 2.24) is 0 Å². The summed E-state index contributed by atoms with van der Waals surface area (Å²) in [6.45, 7) is 20.0. The topological polar surface area (TPSA) is 82.2 Å². The normalized spacial score (nSPS) is 15.2. The Hall–Kier alpha value is -7.68. The molecule has 0 aromatic heterocycles. The van der Waals surface area contributed by atoms with Crippen molar-refractivity contribution in [2.75, 3.05) is 39.6 Å². The molecule has 1 N–H and O–H groups in total. The fraction of sp³-hybridized carbons (Fsp3) is 0.288. The number of aliphatic hydroxyl groups excluding tert-OH is 1. The van der Waals surface area contributed by atoms with Gasteiger partial charge in [-0.3, -0.25) is 0 Å². The highest BCUT2D eigenvalue weighted by atomic mass is 16.6. The van der Waals surface area contributed by atoms with Gasteiger partial charge in [-0.15, -0.1) is 0 Å². The number of epoxide rings is 2. The van der Waals surface area contributed by atoms with Crippen molar-refractivity contribution < 1.29 is 33.5 Å². The first-order valence-corrected chi connectivity index (χ1v) is 28.5. The van der Waals surface area contributed by atoms with Crippen LogP contribution in [-0.4, -0.2) is 63.1 Å². The molecule has 0 spiro atoms. The van der Waals surface area contributed by atoms with E-state index in [1.165, 1.54) is 87.6 Å². The first kappa shape index (κ1) is 53.0. The van der Waals surface area contributed by atoms with Crippen LogP contribution in [0.4, 0.5) is 0 Å². The highest BCUT2D eigenvalue weighted by Gasteiger charge is 2.26. The van der Waals surface area contributed by atoms with Gasteiger partial charge >= 0.3 is 0 Å². The highest BCUT2D eigenvalue weighted by molar-refractivity contribution is 6.07. The molecule has 12 rings (SSSR count). The first-order valence-electron chi connectivity index (χ1n) is 28.5. The summed E-state index contributed by atoms with van der Waals surface area (Å²) < 4.78 is 36.0. The van der Waals surface area contributed by atoms with E-state index in [9.17, 15) is 5.11 Å². The maximum atomic E-state index is 11.4. The second-order valence-electron chi connectivity index (χ2n) is 22.8. The van der Waals surface area contributed by atoms with Gasteiger partial charge in [0.2, 0.25) is 0 Å². The predicted octanol–water partition coefficient (Wildman–Crippen LogP) is 15.5. The molecule has 2 heterocycles. The van der Waals surface area contributed by atoms with Crippen LogP contribution < -0.4 is 18.9 Å². The molecule has 7 heteroatoms. The van der Waals surface area contributed by atoms with Gasteiger partial charge in [0.25, 0.3) is 0 Å². The molecule has 80 heavy (non-hydrogen) atoms.